The molecule has 0 radical (unpaired) electrons. The van der Waals surface area contributed by atoms with Gasteiger partial charge in [0.2, 0.25) is 0 Å². The van der Waals surface area contributed by atoms with Crippen LogP contribution in [0.4, 0.5) is 10.1 Å². The summed E-state index contributed by atoms with van der Waals surface area (Å²) in [5.74, 6) is 0.0907. The maximum absolute atomic E-state index is 13.0. The van der Waals surface area contributed by atoms with Gasteiger partial charge in [-0.2, -0.15) is 0 Å². The number of nitro benzene ring substituents is 1. The van der Waals surface area contributed by atoms with Gasteiger partial charge in [0, 0.05) is 18.7 Å². The van der Waals surface area contributed by atoms with E-state index in [1.165, 1.54) is 24.8 Å². The highest BCUT2D eigenvalue weighted by Crippen LogP contribution is 2.21. The summed E-state index contributed by atoms with van der Waals surface area (Å²) >= 11 is 1.18. The molecule has 0 saturated heterocycles. The number of allylic oxidation sites excluding steroid dienone is 1. The minimum atomic E-state index is -0.552. The number of carbonyl (C=O) groups excluding carboxylic acids is 1. The van der Waals surface area contributed by atoms with Crippen molar-refractivity contribution >= 4 is 28.6 Å². The molecule has 0 atom stereocenters. The van der Waals surface area contributed by atoms with Crippen LogP contribution in [0.2, 0.25) is 0 Å². The van der Waals surface area contributed by atoms with Gasteiger partial charge in [0.15, 0.2) is 5.12 Å². The van der Waals surface area contributed by atoms with Crippen molar-refractivity contribution in [3.63, 3.8) is 0 Å². The molecule has 1 aromatic carbocycles. The van der Waals surface area contributed by atoms with Crippen LogP contribution in [-0.2, 0) is 4.79 Å². The number of hydrogen-bond acceptors (Lipinski definition) is 4. The van der Waals surface area contributed by atoms with E-state index in [-0.39, 0.29) is 16.4 Å². The Morgan fingerprint density at radius 1 is 1.56 bits per heavy atom. The molecule has 0 saturated carbocycles. The molecular weight excluding hydrogens is 257 g/mol. The molecule has 4 nitrogen and oxygen atoms in total. The van der Waals surface area contributed by atoms with Crippen molar-refractivity contribution in [1.82, 2.24) is 0 Å². The second-order valence-electron chi connectivity index (χ2n) is 3.49. The fourth-order valence-corrected chi connectivity index (χ4v) is 1.85. The number of halogens is 1. The Bertz CT molecular complexity index is 488. The molecule has 0 aliphatic carbocycles. The second-order valence-corrected chi connectivity index (χ2v) is 4.76. The van der Waals surface area contributed by atoms with Crippen LogP contribution < -0.4 is 0 Å². The average molecular weight is 269 g/mol. The normalized spacial score (nSPS) is 10.8. The molecule has 0 bridgehead atoms. The lowest BCUT2D eigenvalue weighted by Crippen LogP contribution is -1.92. The topological polar surface area (TPSA) is 60.2 Å². The lowest BCUT2D eigenvalue weighted by molar-refractivity contribution is -0.385. The summed E-state index contributed by atoms with van der Waals surface area (Å²) in [6.07, 6.45) is 3.79. The molecule has 96 valence electrons. The molecular formula is C12H12FNO3S. The minimum Gasteiger partial charge on any atom is -0.288 e. The van der Waals surface area contributed by atoms with Gasteiger partial charge in [0.1, 0.15) is 5.82 Å². The molecule has 0 aliphatic rings. The summed E-state index contributed by atoms with van der Waals surface area (Å²) in [5.41, 5.74) is 0.0969. The Labute approximate surface area is 108 Å². The molecule has 0 amide bonds. The Balaban J connectivity index is 2.70. The molecule has 0 unspecified atom stereocenters. The Morgan fingerprint density at radius 3 is 2.89 bits per heavy atom. The van der Waals surface area contributed by atoms with E-state index in [0.717, 1.165) is 18.2 Å². The van der Waals surface area contributed by atoms with Crippen LogP contribution in [0.1, 0.15) is 18.9 Å². The number of hydrogen-bond donors (Lipinski definition) is 0. The number of carbonyl (C=O) groups is 1. The molecule has 1 rings (SSSR count). The molecule has 0 aromatic heterocycles. The first-order chi connectivity index (χ1) is 8.50. The third-order valence-corrected chi connectivity index (χ3v) is 2.92. The van der Waals surface area contributed by atoms with Crippen molar-refractivity contribution in [2.24, 2.45) is 0 Å². The number of thioether (sulfide) groups is 1. The standard InChI is InChI=1S/C12H12FNO3S/c1-9(15)18-7-3-2-4-10-8-11(13)5-6-12(10)14(16)17/h2,4-6,8H,3,7H2,1H3. The van der Waals surface area contributed by atoms with Crippen LogP contribution in [0.25, 0.3) is 6.08 Å². The quantitative estimate of drug-likeness (QED) is 0.467. The number of rotatable bonds is 5. The maximum atomic E-state index is 13.0. The first kappa shape index (κ1) is 14.4. The van der Waals surface area contributed by atoms with Crippen LogP contribution in [0, 0.1) is 15.9 Å². The predicted molar refractivity (Wildman–Crippen MR) is 69.8 cm³/mol. The molecule has 1 aromatic rings. The van der Waals surface area contributed by atoms with E-state index in [2.05, 4.69) is 0 Å². The van der Waals surface area contributed by atoms with E-state index >= 15 is 0 Å². The zero-order valence-electron chi connectivity index (χ0n) is 9.76. The van der Waals surface area contributed by atoms with Crippen LogP contribution in [0.3, 0.4) is 0 Å². The highest BCUT2D eigenvalue weighted by molar-refractivity contribution is 8.13. The van der Waals surface area contributed by atoms with Crippen LogP contribution in [-0.4, -0.2) is 15.8 Å². The summed E-state index contributed by atoms with van der Waals surface area (Å²) in [7, 11) is 0. The van der Waals surface area contributed by atoms with Crippen LogP contribution >= 0.6 is 11.8 Å². The van der Waals surface area contributed by atoms with Crippen molar-refractivity contribution in [3.05, 3.63) is 45.8 Å². The van der Waals surface area contributed by atoms with Gasteiger partial charge in [0.25, 0.3) is 5.69 Å². The molecule has 0 N–H and O–H groups in total. The summed E-state index contributed by atoms with van der Waals surface area (Å²) in [6.45, 7) is 1.48. The van der Waals surface area contributed by atoms with Crippen LogP contribution in [0.5, 0.6) is 0 Å². The minimum absolute atomic E-state index is 0.0279. The third-order valence-electron chi connectivity index (χ3n) is 2.07. The summed E-state index contributed by atoms with van der Waals surface area (Å²) in [4.78, 5) is 20.8. The number of nitro groups is 1. The molecule has 0 spiro atoms. The zero-order valence-corrected chi connectivity index (χ0v) is 10.6. The van der Waals surface area contributed by atoms with Gasteiger partial charge in [-0.25, -0.2) is 4.39 Å². The van der Waals surface area contributed by atoms with Crippen molar-refractivity contribution < 1.29 is 14.1 Å². The largest absolute Gasteiger partial charge is 0.288 e. The highest BCUT2D eigenvalue weighted by Gasteiger charge is 2.11. The highest BCUT2D eigenvalue weighted by atomic mass is 32.2. The smallest absolute Gasteiger partial charge is 0.276 e. The fraction of sp³-hybridized carbons (Fsp3) is 0.250. The van der Waals surface area contributed by atoms with Crippen molar-refractivity contribution in [1.29, 1.82) is 0 Å². The van der Waals surface area contributed by atoms with Crippen molar-refractivity contribution in [3.8, 4) is 0 Å². The van der Waals surface area contributed by atoms with Gasteiger partial charge in [0.05, 0.1) is 10.5 Å². The van der Waals surface area contributed by atoms with E-state index < -0.39 is 10.7 Å². The van der Waals surface area contributed by atoms with Crippen molar-refractivity contribution in [2.75, 3.05) is 5.75 Å². The lowest BCUT2D eigenvalue weighted by atomic mass is 10.1. The summed E-state index contributed by atoms with van der Waals surface area (Å²) in [6, 6.07) is 3.31. The molecule has 0 aliphatic heterocycles. The SMILES string of the molecule is CC(=O)SCCC=Cc1cc(F)ccc1[N+](=O)[O-]. The number of benzene rings is 1. The van der Waals surface area contributed by atoms with Crippen LogP contribution in [0.15, 0.2) is 24.3 Å². The van der Waals surface area contributed by atoms with Gasteiger partial charge in [-0.15, -0.1) is 0 Å². The molecule has 0 fully saturated rings. The Kier molecular flexibility index (Phi) is 5.51. The zero-order chi connectivity index (χ0) is 13.5. The van der Waals surface area contributed by atoms with Gasteiger partial charge in [-0.1, -0.05) is 23.9 Å². The fourth-order valence-electron chi connectivity index (χ4n) is 1.31. The third kappa shape index (κ3) is 4.67. The van der Waals surface area contributed by atoms with E-state index in [9.17, 15) is 19.3 Å². The Morgan fingerprint density at radius 2 is 2.28 bits per heavy atom. The predicted octanol–water partition coefficient (Wildman–Crippen LogP) is 3.42. The number of nitrogens with zero attached hydrogens (tertiary/aromatic N) is 1. The van der Waals surface area contributed by atoms with E-state index in [1.54, 1.807) is 6.08 Å². The average Bonchev–Trinajstić information content (AvgIpc) is 2.27. The maximum Gasteiger partial charge on any atom is 0.276 e. The van der Waals surface area contributed by atoms with E-state index in [0.29, 0.717) is 12.2 Å². The molecule has 0 heterocycles. The first-order valence-corrected chi connectivity index (χ1v) is 6.23. The molecule has 18 heavy (non-hydrogen) atoms. The first-order valence-electron chi connectivity index (χ1n) is 5.24. The molecule has 6 heteroatoms. The van der Waals surface area contributed by atoms with E-state index in [4.69, 9.17) is 0 Å². The van der Waals surface area contributed by atoms with Gasteiger partial charge in [-0.05, 0) is 18.6 Å². The second kappa shape index (κ2) is 6.90. The summed E-state index contributed by atoms with van der Waals surface area (Å²) < 4.78 is 13.0. The monoisotopic (exact) mass is 269 g/mol. The lowest BCUT2D eigenvalue weighted by Gasteiger charge is -1.97. The van der Waals surface area contributed by atoms with Gasteiger partial charge < -0.3 is 0 Å². The Hall–Kier alpha value is -1.69. The van der Waals surface area contributed by atoms with Gasteiger partial charge >= 0.3 is 0 Å². The van der Waals surface area contributed by atoms with Gasteiger partial charge in [-0.3, -0.25) is 14.9 Å². The summed E-state index contributed by atoms with van der Waals surface area (Å²) in [5, 5.41) is 10.7. The van der Waals surface area contributed by atoms with Crippen molar-refractivity contribution in [2.45, 2.75) is 13.3 Å². The van der Waals surface area contributed by atoms with E-state index in [1.807, 2.05) is 0 Å².